The van der Waals surface area contributed by atoms with Crippen molar-refractivity contribution in [3.05, 3.63) is 78.4 Å². The van der Waals surface area contributed by atoms with Crippen molar-refractivity contribution in [1.29, 1.82) is 0 Å². The quantitative estimate of drug-likeness (QED) is 0.695. The van der Waals surface area contributed by atoms with Gasteiger partial charge in [0.15, 0.2) is 6.61 Å². The fraction of sp³-hybridized carbons (Fsp3) is 0.190. The van der Waals surface area contributed by atoms with Crippen LogP contribution < -0.4 is 10.1 Å². The second-order valence-electron chi connectivity index (χ2n) is 5.86. The number of hydrogen-bond donors (Lipinski definition) is 2. The molecule has 1 atom stereocenters. The van der Waals surface area contributed by atoms with Crippen LogP contribution in [0.5, 0.6) is 5.75 Å². The summed E-state index contributed by atoms with van der Waals surface area (Å²) in [6, 6.07) is 23.2. The van der Waals surface area contributed by atoms with E-state index in [1.807, 2.05) is 72.8 Å². The molecule has 0 spiro atoms. The molecule has 0 saturated carbocycles. The summed E-state index contributed by atoms with van der Waals surface area (Å²) < 4.78 is 5.54. The fourth-order valence-corrected chi connectivity index (χ4v) is 2.65. The summed E-state index contributed by atoms with van der Waals surface area (Å²) in [6.45, 7) is 0.357. The number of ether oxygens (including phenoxy) is 1. The first-order chi connectivity index (χ1) is 12.2. The average molecular weight is 335 g/mol. The third-order valence-corrected chi connectivity index (χ3v) is 4.02. The Hall–Kier alpha value is -2.85. The van der Waals surface area contributed by atoms with E-state index in [2.05, 4.69) is 5.32 Å². The maximum absolute atomic E-state index is 11.9. The molecule has 0 bridgehead atoms. The number of hydrogen-bond acceptors (Lipinski definition) is 3. The molecule has 1 amide bonds. The molecule has 0 aromatic heterocycles. The molecule has 4 heteroatoms. The molecule has 0 fully saturated rings. The molecule has 0 aliphatic heterocycles. The Morgan fingerprint density at radius 1 is 0.960 bits per heavy atom. The first-order valence-electron chi connectivity index (χ1n) is 8.34. The minimum Gasteiger partial charge on any atom is -0.484 e. The summed E-state index contributed by atoms with van der Waals surface area (Å²) >= 11 is 0. The van der Waals surface area contributed by atoms with Crippen LogP contribution in [0, 0.1) is 0 Å². The van der Waals surface area contributed by atoms with Crippen molar-refractivity contribution in [1.82, 2.24) is 5.32 Å². The second kappa shape index (κ2) is 8.31. The highest BCUT2D eigenvalue weighted by molar-refractivity contribution is 5.84. The number of benzene rings is 3. The Bertz CT molecular complexity index is 833. The van der Waals surface area contributed by atoms with Gasteiger partial charge < -0.3 is 15.2 Å². The molecule has 0 heterocycles. The number of carbonyl (C=O) groups is 1. The maximum atomic E-state index is 11.9. The monoisotopic (exact) mass is 335 g/mol. The van der Waals surface area contributed by atoms with Gasteiger partial charge in [0, 0.05) is 6.54 Å². The van der Waals surface area contributed by atoms with Gasteiger partial charge in [-0.25, -0.2) is 0 Å². The van der Waals surface area contributed by atoms with Gasteiger partial charge >= 0.3 is 0 Å². The van der Waals surface area contributed by atoms with E-state index in [0.29, 0.717) is 18.7 Å². The average Bonchev–Trinajstić information content (AvgIpc) is 2.67. The number of amides is 1. The van der Waals surface area contributed by atoms with Gasteiger partial charge in [-0.2, -0.15) is 0 Å². The first kappa shape index (κ1) is 17.0. The van der Waals surface area contributed by atoms with Crippen LogP contribution in [-0.4, -0.2) is 24.2 Å². The molecule has 2 N–H and O–H groups in total. The van der Waals surface area contributed by atoms with E-state index in [1.165, 1.54) is 0 Å². The lowest BCUT2D eigenvalue weighted by Crippen LogP contribution is -2.30. The predicted molar refractivity (Wildman–Crippen MR) is 98.5 cm³/mol. The number of fused-ring (bicyclic) bond motifs is 1. The maximum Gasteiger partial charge on any atom is 0.257 e. The Labute approximate surface area is 147 Å². The molecule has 1 unspecified atom stereocenters. The lowest BCUT2D eigenvalue weighted by Gasteiger charge is -2.12. The Morgan fingerprint density at radius 2 is 1.68 bits per heavy atom. The van der Waals surface area contributed by atoms with Crippen molar-refractivity contribution >= 4 is 16.7 Å². The topological polar surface area (TPSA) is 58.6 Å². The van der Waals surface area contributed by atoms with Gasteiger partial charge in [0.2, 0.25) is 0 Å². The van der Waals surface area contributed by atoms with Crippen LogP contribution in [0.1, 0.15) is 18.1 Å². The lowest BCUT2D eigenvalue weighted by atomic mass is 10.1. The fourth-order valence-electron chi connectivity index (χ4n) is 2.65. The van der Waals surface area contributed by atoms with Crippen molar-refractivity contribution < 1.29 is 14.6 Å². The Kier molecular flexibility index (Phi) is 5.65. The predicted octanol–water partition coefficient (Wildman–Crippen LogP) is 3.46. The Balaban J connectivity index is 1.43. The van der Waals surface area contributed by atoms with Gasteiger partial charge in [0.1, 0.15) is 5.75 Å². The highest BCUT2D eigenvalue weighted by Gasteiger charge is 2.08. The molecular formula is C21H21NO3. The van der Waals surface area contributed by atoms with E-state index in [9.17, 15) is 9.90 Å². The summed E-state index contributed by atoms with van der Waals surface area (Å²) in [6.07, 6.45) is -0.117. The van der Waals surface area contributed by atoms with Gasteiger partial charge in [-0.1, -0.05) is 60.7 Å². The summed E-state index contributed by atoms with van der Waals surface area (Å²) in [7, 11) is 0. The minimum atomic E-state index is -0.581. The van der Waals surface area contributed by atoms with Crippen molar-refractivity contribution in [2.24, 2.45) is 0 Å². The van der Waals surface area contributed by atoms with E-state index in [1.54, 1.807) is 0 Å². The van der Waals surface area contributed by atoms with Crippen LogP contribution in [-0.2, 0) is 4.79 Å². The van der Waals surface area contributed by atoms with E-state index in [4.69, 9.17) is 4.74 Å². The molecule has 0 aliphatic carbocycles. The van der Waals surface area contributed by atoms with Crippen molar-refractivity contribution in [3.8, 4) is 5.75 Å². The van der Waals surface area contributed by atoms with Crippen LogP contribution in [0.3, 0.4) is 0 Å². The van der Waals surface area contributed by atoms with Crippen molar-refractivity contribution in [2.75, 3.05) is 13.2 Å². The first-order valence-corrected chi connectivity index (χ1v) is 8.34. The number of aliphatic hydroxyl groups is 1. The second-order valence-corrected chi connectivity index (χ2v) is 5.86. The zero-order valence-corrected chi connectivity index (χ0v) is 13.9. The van der Waals surface area contributed by atoms with Gasteiger partial charge in [0.25, 0.3) is 5.91 Å². The SMILES string of the molecule is O=C(COc1ccc2ccccc2c1)NCCC(O)c1ccccc1. The molecule has 4 nitrogen and oxygen atoms in total. The molecule has 0 saturated heterocycles. The Morgan fingerprint density at radius 3 is 2.48 bits per heavy atom. The zero-order chi connectivity index (χ0) is 17.5. The molecule has 0 aliphatic rings. The van der Waals surface area contributed by atoms with E-state index in [-0.39, 0.29) is 12.5 Å². The van der Waals surface area contributed by atoms with Gasteiger partial charge in [-0.15, -0.1) is 0 Å². The highest BCUT2D eigenvalue weighted by atomic mass is 16.5. The number of carbonyl (C=O) groups excluding carboxylic acids is 1. The van der Waals surface area contributed by atoms with Gasteiger partial charge in [-0.05, 0) is 34.9 Å². The van der Waals surface area contributed by atoms with Crippen molar-refractivity contribution in [3.63, 3.8) is 0 Å². The molecular weight excluding hydrogens is 314 g/mol. The zero-order valence-electron chi connectivity index (χ0n) is 13.9. The van der Waals surface area contributed by atoms with E-state index in [0.717, 1.165) is 16.3 Å². The molecule has 3 rings (SSSR count). The summed E-state index contributed by atoms with van der Waals surface area (Å²) in [4.78, 5) is 11.9. The molecule has 3 aromatic rings. The largest absolute Gasteiger partial charge is 0.484 e. The number of aliphatic hydroxyl groups excluding tert-OH is 1. The smallest absolute Gasteiger partial charge is 0.257 e. The third-order valence-electron chi connectivity index (χ3n) is 4.02. The third kappa shape index (κ3) is 4.81. The molecule has 0 radical (unpaired) electrons. The standard InChI is InChI=1S/C21H21NO3/c23-20(17-7-2-1-3-8-17)12-13-22-21(24)15-25-19-11-10-16-6-4-5-9-18(16)14-19/h1-11,14,20,23H,12-13,15H2,(H,22,24). The highest BCUT2D eigenvalue weighted by Crippen LogP contribution is 2.20. The number of nitrogens with one attached hydrogen (secondary N) is 1. The lowest BCUT2D eigenvalue weighted by molar-refractivity contribution is -0.123. The molecule has 25 heavy (non-hydrogen) atoms. The molecule has 3 aromatic carbocycles. The molecule has 128 valence electrons. The van der Waals surface area contributed by atoms with Crippen molar-refractivity contribution in [2.45, 2.75) is 12.5 Å². The van der Waals surface area contributed by atoms with E-state index < -0.39 is 6.10 Å². The van der Waals surface area contributed by atoms with Gasteiger partial charge in [-0.3, -0.25) is 4.79 Å². The summed E-state index contributed by atoms with van der Waals surface area (Å²) in [5, 5.41) is 15.0. The van der Waals surface area contributed by atoms with Crippen LogP contribution in [0.25, 0.3) is 10.8 Å². The van der Waals surface area contributed by atoms with Gasteiger partial charge in [0.05, 0.1) is 6.10 Å². The van der Waals surface area contributed by atoms with Crippen LogP contribution in [0.15, 0.2) is 72.8 Å². The van der Waals surface area contributed by atoms with Crippen LogP contribution >= 0.6 is 0 Å². The normalized spacial score (nSPS) is 11.9. The summed E-state index contributed by atoms with van der Waals surface area (Å²) in [5.74, 6) is 0.464. The van der Waals surface area contributed by atoms with E-state index >= 15 is 0 Å². The summed E-state index contributed by atoms with van der Waals surface area (Å²) in [5.41, 5.74) is 0.851. The number of rotatable bonds is 7. The van der Waals surface area contributed by atoms with Crippen LogP contribution in [0.4, 0.5) is 0 Å². The van der Waals surface area contributed by atoms with Crippen LogP contribution in [0.2, 0.25) is 0 Å². The minimum absolute atomic E-state index is 0.0419.